The standard InChI is InChI=1S/C26H27F7O/c1-14-2-4-15(5-3-14)16-6-8-17(9-7-16)18-10-22(29)25(23(30)11-18)34-26(32,33)19-12-20(27)24(31)21(28)13-19/h10-17H,2-9H2,1H3. The minimum absolute atomic E-state index is 0.0218. The summed E-state index contributed by atoms with van der Waals surface area (Å²) in [6, 6.07) is 2.00. The van der Waals surface area contributed by atoms with Crippen LogP contribution in [-0.4, -0.2) is 0 Å². The van der Waals surface area contributed by atoms with Crippen LogP contribution >= 0.6 is 0 Å². The highest BCUT2D eigenvalue weighted by Gasteiger charge is 2.39. The van der Waals surface area contributed by atoms with Crippen molar-refractivity contribution >= 4 is 0 Å². The number of hydrogen-bond acceptors (Lipinski definition) is 1. The van der Waals surface area contributed by atoms with E-state index >= 15 is 0 Å². The molecule has 2 saturated carbocycles. The highest BCUT2D eigenvalue weighted by Crippen LogP contribution is 2.45. The van der Waals surface area contributed by atoms with Crippen molar-refractivity contribution in [2.75, 3.05) is 0 Å². The monoisotopic (exact) mass is 488 g/mol. The van der Waals surface area contributed by atoms with Crippen LogP contribution in [0.3, 0.4) is 0 Å². The maximum absolute atomic E-state index is 14.6. The van der Waals surface area contributed by atoms with Gasteiger partial charge in [0.15, 0.2) is 34.8 Å². The maximum atomic E-state index is 14.6. The fourth-order valence-corrected chi connectivity index (χ4v) is 5.50. The molecule has 0 radical (unpaired) electrons. The van der Waals surface area contributed by atoms with Gasteiger partial charge in [0.1, 0.15) is 0 Å². The highest BCUT2D eigenvalue weighted by atomic mass is 19.3. The highest BCUT2D eigenvalue weighted by molar-refractivity contribution is 5.34. The lowest BCUT2D eigenvalue weighted by molar-refractivity contribution is -0.188. The Morgan fingerprint density at radius 1 is 0.676 bits per heavy atom. The molecule has 0 aliphatic heterocycles. The summed E-state index contributed by atoms with van der Waals surface area (Å²) in [4.78, 5) is 0. The summed E-state index contributed by atoms with van der Waals surface area (Å²) in [5.74, 6) is -7.70. The lowest BCUT2D eigenvalue weighted by atomic mass is 9.68. The zero-order valence-electron chi connectivity index (χ0n) is 18.8. The SMILES string of the molecule is CC1CCC(C2CCC(c3cc(F)c(OC(F)(F)c4cc(F)c(F)c(F)c4)c(F)c3)CC2)CC1. The van der Waals surface area contributed by atoms with Crippen molar-refractivity contribution in [2.45, 2.75) is 70.3 Å². The van der Waals surface area contributed by atoms with E-state index in [0.29, 0.717) is 17.4 Å². The van der Waals surface area contributed by atoms with E-state index in [2.05, 4.69) is 11.7 Å². The molecule has 2 aliphatic rings. The molecule has 0 atom stereocenters. The van der Waals surface area contributed by atoms with Gasteiger partial charge in [0, 0.05) is 0 Å². The second-order valence-electron chi connectivity index (χ2n) is 9.82. The molecular formula is C26H27F7O. The molecule has 0 N–H and O–H groups in total. The third kappa shape index (κ3) is 5.20. The van der Waals surface area contributed by atoms with E-state index in [1.54, 1.807) is 0 Å². The summed E-state index contributed by atoms with van der Waals surface area (Å²) in [7, 11) is 0. The van der Waals surface area contributed by atoms with E-state index in [1.807, 2.05) is 0 Å². The second kappa shape index (κ2) is 9.78. The van der Waals surface area contributed by atoms with Crippen LogP contribution in [0.25, 0.3) is 0 Å². The molecule has 1 nitrogen and oxygen atoms in total. The van der Waals surface area contributed by atoms with Crippen LogP contribution in [0.1, 0.15) is 75.3 Å². The summed E-state index contributed by atoms with van der Waals surface area (Å²) >= 11 is 0. The van der Waals surface area contributed by atoms with Gasteiger partial charge in [-0.15, -0.1) is 0 Å². The van der Waals surface area contributed by atoms with Gasteiger partial charge < -0.3 is 4.74 Å². The van der Waals surface area contributed by atoms with Gasteiger partial charge >= 0.3 is 6.11 Å². The number of rotatable bonds is 5. The Kier molecular flexibility index (Phi) is 7.15. The molecule has 0 saturated heterocycles. The number of halogens is 7. The zero-order chi connectivity index (χ0) is 24.6. The quantitative estimate of drug-likeness (QED) is 0.302. The minimum Gasteiger partial charge on any atom is -0.423 e. The fraction of sp³-hybridized carbons (Fsp3) is 0.538. The molecule has 2 aromatic carbocycles. The van der Waals surface area contributed by atoms with Gasteiger partial charge in [-0.2, -0.15) is 8.78 Å². The molecule has 186 valence electrons. The van der Waals surface area contributed by atoms with Crippen LogP contribution in [0, 0.1) is 46.8 Å². The van der Waals surface area contributed by atoms with Crippen LogP contribution < -0.4 is 4.74 Å². The smallest absolute Gasteiger partial charge is 0.423 e. The van der Waals surface area contributed by atoms with Crippen molar-refractivity contribution in [3.8, 4) is 5.75 Å². The van der Waals surface area contributed by atoms with Gasteiger partial charge in [0.25, 0.3) is 0 Å². The van der Waals surface area contributed by atoms with E-state index in [1.165, 1.54) is 25.7 Å². The number of benzene rings is 2. The molecule has 0 spiro atoms. The van der Waals surface area contributed by atoms with E-state index in [0.717, 1.165) is 43.7 Å². The first-order valence-corrected chi connectivity index (χ1v) is 11.8. The van der Waals surface area contributed by atoms with Crippen LogP contribution in [0.2, 0.25) is 0 Å². The van der Waals surface area contributed by atoms with Gasteiger partial charge in [-0.1, -0.05) is 19.8 Å². The molecule has 4 rings (SSSR count). The van der Waals surface area contributed by atoms with Crippen LogP contribution in [-0.2, 0) is 6.11 Å². The number of hydrogen-bond donors (Lipinski definition) is 0. The summed E-state index contributed by atoms with van der Waals surface area (Å²) < 4.78 is 102. The molecule has 2 fully saturated rings. The van der Waals surface area contributed by atoms with Crippen LogP contribution in [0.4, 0.5) is 30.7 Å². The molecule has 0 heterocycles. The third-order valence-corrected chi connectivity index (χ3v) is 7.54. The van der Waals surface area contributed by atoms with Gasteiger partial charge in [-0.25, -0.2) is 22.0 Å². The average molecular weight is 488 g/mol. The molecule has 0 bridgehead atoms. The zero-order valence-corrected chi connectivity index (χ0v) is 18.8. The van der Waals surface area contributed by atoms with E-state index in [-0.39, 0.29) is 18.1 Å². The molecule has 0 aromatic heterocycles. The predicted octanol–water partition coefficient (Wildman–Crippen LogP) is 8.61. The Morgan fingerprint density at radius 3 is 1.65 bits per heavy atom. The maximum Gasteiger partial charge on any atom is 0.427 e. The lowest BCUT2D eigenvalue weighted by Gasteiger charge is -2.37. The summed E-state index contributed by atoms with van der Waals surface area (Å²) in [6.07, 6.45) is 3.89. The topological polar surface area (TPSA) is 9.23 Å². The van der Waals surface area contributed by atoms with Crippen molar-refractivity contribution in [3.63, 3.8) is 0 Å². The van der Waals surface area contributed by atoms with Crippen molar-refractivity contribution in [3.05, 3.63) is 64.5 Å². The molecule has 8 heteroatoms. The molecule has 34 heavy (non-hydrogen) atoms. The Hall–Kier alpha value is -2.25. The van der Waals surface area contributed by atoms with E-state index < -0.39 is 46.5 Å². The number of ether oxygens (including phenoxy) is 1. The fourth-order valence-electron chi connectivity index (χ4n) is 5.50. The summed E-state index contributed by atoms with van der Waals surface area (Å²) in [5.41, 5.74) is -1.03. The Morgan fingerprint density at radius 2 is 1.15 bits per heavy atom. The van der Waals surface area contributed by atoms with Crippen molar-refractivity contribution in [1.82, 2.24) is 0 Å². The second-order valence-corrected chi connectivity index (χ2v) is 9.82. The molecule has 2 aliphatic carbocycles. The number of alkyl halides is 2. The van der Waals surface area contributed by atoms with Gasteiger partial charge in [-0.05, 0) is 92.0 Å². The van der Waals surface area contributed by atoms with Crippen molar-refractivity contribution < 1.29 is 35.5 Å². The van der Waals surface area contributed by atoms with Crippen molar-refractivity contribution in [1.29, 1.82) is 0 Å². The van der Waals surface area contributed by atoms with Crippen LogP contribution in [0.5, 0.6) is 5.75 Å². The van der Waals surface area contributed by atoms with Crippen LogP contribution in [0.15, 0.2) is 24.3 Å². The van der Waals surface area contributed by atoms with Gasteiger partial charge in [0.05, 0.1) is 5.56 Å². The Labute approximate surface area is 194 Å². The third-order valence-electron chi connectivity index (χ3n) is 7.54. The van der Waals surface area contributed by atoms with Crippen molar-refractivity contribution in [2.24, 2.45) is 17.8 Å². The Balaban J connectivity index is 1.45. The summed E-state index contributed by atoms with van der Waals surface area (Å²) in [5, 5.41) is 0. The minimum atomic E-state index is -4.49. The molecule has 0 amide bonds. The lowest BCUT2D eigenvalue weighted by Crippen LogP contribution is -2.25. The van der Waals surface area contributed by atoms with Gasteiger partial charge in [-0.3, -0.25) is 0 Å². The van der Waals surface area contributed by atoms with E-state index in [9.17, 15) is 30.7 Å². The Bertz CT molecular complexity index is 976. The molecule has 2 aromatic rings. The summed E-state index contributed by atoms with van der Waals surface area (Å²) in [6.45, 7) is 2.27. The largest absolute Gasteiger partial charge is 0.427 e. The normalized spacial score (nSPS) is 25.9. The van der Waals surface area contributed by atoms with Gasteiger partial charge in [0.2, 0.25) is 0 Å². The molecule has 0 unspecified atom stereocenters. The molecular weight excluding hydrogens is 461 g/mol. The first-order valence-electron chi connectivity index (χ1n) is 11.8. The first-order chi connectivity index (χ1) is 16.0. The first kappa shape index (κ1) is 24.9. The predicted molar refractivity (Wildman–Crippen MR) is 113 cm³/mol. The van der Waals surface area contributed by atoms with E-state index in [4.69, 9.17) is 0 Å². The average Bonchev–Trinajstić information content (AvgIpc) is 2.80.